The molecule has 0 radical (unpaired) electrons. The Morgan fingerprint density at radius 3 is 2.88 bits per heavy atom. The smallest absolute Gasteiger partial charge is 0.0489 e. The van der Waals surface area contributed by atoms with Crippen LogP contribution in [0.1, 0.15) is 31.2 Å². The van der Waals surface area contributed by atoms with E-state index in [0.29, 0.717) is 11.4 Å². The fraction of sp³-hybridized carbons (Fsp3) is 0.538. The number of nitrogens with one attached hydrogen (secondary N) is 1. The van der Waals surface area contributed by atoms with Crippen LogP contribution in [0.25, 0.3) is 0 Å². The molecule has 0 spiro atoms. The first-order chi connectivity index (χ1) is 7.75. The number of alkyl halides is 1. The van der Waals surface area contributed by atoms with Gasteiger partial charge in [-0.05, 0) is 30.5 Å². The van der Waals surface area contributed by atoms with Gasteiger partial charge in [-0.25, -0.2) is 0 Å². The Kier molecular flexibility index (Phi) is 4.68. The third kappa shape index (κ3) is 3.47. The number of hydrogen-bond acceptors (Lipinski definition) is 1. The molecule has 3 heteroatoms. The molecule has 2 rings (SSSR count). The Morgan fingerprint density at radius 1 is 1.31 bits per heavy atom. The highest BCUT2D eigenvalue weighted by molar-refractivity contribution is 9.10. The largest absolute Gasteiger partial charge is 0.308 e. The Balaban J connectivity index is 1.86. The van der Waals surface area contributed by atoms with Crippen LogP contribution < -0.4 is 5.32 Å². The van der Waals surface area contributed by atoms with Crippen molar-refractivity contribution in [1.82, 2.24) is 5.32 Å². The fourth-order valence-electron chi connectivity index (χ4n) is 2.21. The summed E-state index contributed by atoms with van der Waals surface area (Å²) in [7, 11) is 0. The summed E-state index contributed by atoms with van der Waals surface area (Å²) in [5, 5.41) is 3.87. The first kappa shape index (κ1) is 12.4. The van der Waals surface area contributed by atoms with Gasteiger partial charge in [0.05, 0.1) is 0 Å². The molecule has 2 unspecified atom stereocenters. The quantitative estimate of drug-likeness (QED) is 0.829. The summed E-state index contributed by atoms with van der Waals surface area (Å²) < 4.78 is 1.14. The number of rotatable bonds is 3. The van der Waals surface area contributed by atoms with Crippen molar-refractivity contribution in [2.75, 3.05) is 0 Å². The first-order valence-corrected chi connectivity index (χ1v) is 7.10. The Bertz CT molecular complexity index is 342. The maximum Gasteiger partial charge on any atom is 0.0489 e. The van der Waals surface area contributed by atoms with Crippen LogP contribution in [0.2, 0.25) is 0 Å². The molecule has 1 fully saturated rings. The number of benzene rings is 1. The predicted octanol–water partition coefficient (Wildman–Crippen LogP) is 4.09. The van der Waals surface area contributed by atoms with Gasteiger partial charge in [0, 0.05) is 22.4 Å². The molecule has 88 valence electrons. The van der Waals surface area contributed by atoms with E-state index in [0.717, 1.165) is 17.4 Å². The van der Waals surface area contributed by atoms with E-state index in [4.69, 9.17) is 11.6 Å². The lowest BCUT2D eigenvalue weighted by Gasteiger charge is -2.28. The van der Waals surface area contributed by atoms with Gasteiger partial charge in [0.15, 0.2) is 0 Å². The lowest BCUT2D eigenvalue weighted by Crippen LogP contribution is -2.38. The predicted molar refractivity (Wildman–Crippen MR) is 72.9 cm³/mol. The van der Waals surface area contributed by atoms with Crippen molar-refractivity contribution in [3.63, 3.8) is 0 Å². The van der Waals surface area contributed by atoms with Gasteiger partial charge in [-0.15, -0.1) is 11.6 Å². The van der Waals surface area contributed by atoms with Crippen molar-refractivity contribution in [2.24, 2.45) is 0 Å². The summed E-state index contributed by atoms with van der Waals surface area (Å²) in [4.78, 5) is 0. The van der Waals surface area contributed by atoms with Crippen molar-refractivity contribution in [3.05, 3.63) is 34.3 Å². The minimum absolute atomic E-state index is 0.306. The molecule has 0 bridgehead atoms. The van der Waals surface area contributed by atoms with E-state index < -0.39 is 0 Å². The molecule has 0 amide bonds. The van der Waals surface area contributed by atoms with Crippen LogP contribution >= 0.6 is 27.5 Å². The van der Waals surface area contributed by atoms with Crippen LogP contribution in [0, 0.1) is 0 Å². The van der Waals surface area contributed by atoms with Gasteiger partial charge in [-0.3, -0.25) is 0 Å². The van der Waals surface area contributed by atoms with Gasteiger partial charge in [0.2, 0.25) is 0 Å². The zero-order valence-electron chi connectivity index (χ0n) is 9.26. The minimum atomic E-state index is 0.306. The number of hydrogen-bond donors (Lipinski definition) is 1. The molecule has 0 heterocycles. The van der Waals surface area contributed by atoms with Crippen LogP contribution in [-0.4, -0.2) is 11.4 Å². The van der Waals surface area contributed by atoms with Crippen LogP contribution in [0.15, 0.2) is 28.7 Å². The topological polar surface area (TPSA) is 12.0 Å². The van der Waals surface area contributed by atoms with Crippen LogP contribution in [0.3, 0.4) is 0 Å². The molecule has 1 aromatic rings. The normalized spacial score (nSPS) is 25.6. The van der Waals surface area contributed by atoms with Crippen LogP contribution in [0.5, 0.6) is 0 Å². The summed E-state index contributed by atoms with van der Waals surface area (Å²) in [5.41, 5.74) is 1.31. The average Bonchev–Trinajstić information content (AvgIpc) is 2.28. The molecular formula is C13H17BrClN. The highest BCUT2D eigenvalue weighted by atomic mass is 79.9. The molecule has 0 aliphatic heterocycles. The zero-order valence-corrected chi connectivity index (χ0v) is 11.6. The maximum absolute atomic E-state index is 6.31. The van der Waals surface area contributed by atoms with E-state index in [1.165, 1.54) is 24.8 Å². The molecule has 16 heavy (non-hydrogen) atoms. The lowest BCUT2D eigenvalue weighted by molar-refractivity contribution is 0.378. The van der Waals surface area contributed by atoms with E-state index in [1.807, 2.05) is 0 Å². The van der Waals surface area contributed by atoms with Gasteiger partial charge in [0.25, 0.3) is 0 Å². The molecular weight excluding hydrogens is 286 g/mol. The second-order valence-electron chi connectivity index (χ2n) is 4.42. The second-order valence-corrected chi connectivity index (χ2v) is 5.89. The van der Waals surface area contributed by atoms with Crippen molar-refractivity contribution in [1.29, 1.82) is 0 Å². The Labute approximate surface area is 111 Å². The standard InChI is InChI=1S/C13H17BrClN/c14-11-5-3-4-10(8-11)9-16-13-7-2-1-6-12(13)15/h3-5,8,12-13,16H,1-2,6-7,9H2. The molecule has 0 saturated heterocycles. The van der Waals surface area contributed by atoms with Gasteiger partial charge in [-0.2, -0.15) is 0 Å². The average molecular weight is 303 g/mol. The molecule has 1 aliphatic rings. The molecule has 1 aliphatic carbocycles. The first-order valence-electron chi connectivity index (χ1n) is 5.87. The SMILES string of the molecule is ClC1CCCCC1NCc1cccc(Br)c1. The summed E-state index contributed by atoms with van der Waals surface area (Å²) in [6.07, 6.45) is 4.95. The van der Waals surface area contributed by atoms with Gasteiger partial charge < -0.3 is 5.32 Å². The maximum atomic E-state index is 6.31. The van der Waals surface area contributed by atoms with Crippen molar-refractivity contribution in [2.45, 2.75) is 43.6 Å². The molecule has 2 atom stereocenters. The summed E-state index contributed by atoms with van der Waals surface area (Å²) in [5.74, 6) is 0. The fourth-order valence-corrected chi connectivity index (χ4v) is 3.03. The third-order valence-electron chi connectivity index (χ3n) is 3.14. The second kappa shape index (κ2) is 6.04. The number of halogens is 2. The van der Waals surface area contributed by atoms with E-state index in [9.17, 15) is 0 Å². The van der Waals surface area contributed by atoms with E-state index in [2.05, 4.69) is 45.5 Å². The van der Waals surface area contributed by atoms with Crippen molar-refractivity contribution in [3.8, 4) is 0 Å². The molecule has 1 aromatic carbocycles. The van der Waals surface area contributed by atoms with Gasteiger partial charge in [-0.1, -0.05) is 40.9 Å². The molecule has 1 nitrogen and oxygen atoms in total. The Morgan fingerprint density at radius 2 is 2.12 bits per heavy atom. The highest BCUT2D eigenvalue weighted by Crippen LogP contribution is 2.23. The minimum Gasteiger partial charge on any atom is -0.308 e. The van der Waals surface area contributed by atoms with E-state index >= 15 is 0 Å². The van der Waals surface area contributed by atoms with Crippen LogP contribution in [0.4, 0.5) is 0 Å². The zero-order chi connectivity index (χ0) is 11.4. The molecule has 1 N–H and O–H groups in total. The van der Waals surface area contributed by atoms with Gasteiger partial charge >= 0.3 is 0 Å². The van der Waals surface area contributed by atoms with E-state index in [-0.39, 0.29) is 0 Å². The monoisotopic (exact) mass is 301 g/mol. The van der Waals surface area contributed by atoms with Crippen molar-refractivity contribution >= 4 is 27.5 Å². The molecule has 0 aromatic heterocycles. The summed E-state index contributed by atoms with van der Waals surface area (Å²) in [6, 6.07) is 8.90. The van der Waals surface area contributed by atoms with Gasteiger partial charge in [0.1, 0.15) is 0 Å². The van der Waals surface area contributed by atoms with E-state index in [1.54, 1.807) is 0 Å². The Hall–Kier alpha value is -0.0500. The third-order valence-corrected chi connectivity index (χ3v) is 4.15. The lowest BCUT2D eigenvalue weighted by atomic mass is 9.95. The molecule has 1 saturated carbocycles. The summed E-state index contributed by atoms with van der Waals surface area (Å²) in [6.45, 7) is 0.910. The van der Waals surface area contributed by atoms with Crippen molar-refractivity contribution < 1.29 is 0 Å². The van der Waals surface area contributed by atoms with Crippen LogP contribution in [-0.2, 0) is 6.54 Å². The highest BCUT2D eigenvalue weighted by Gasteiger charge is 2.22. The summed E-state index contributed by atoms with van der Waals surface area (Å²) >= 11 is 9.79.